The van der Waals surface area contributed by atoms with Gasteiger partial charge < -0.3 is 10.1 Å². The Kier molecular flexibility index (Phi) is 7.06. The second-order valence-electron chi connectivity index (χ2n) is 5.35. The molecular weight excluding hydrogens is 276 g/mol. The maximum atomic E-state index is 5.55. The van der Waals surface area contributed by atoms with Crippen molar-refractivity contribution in [1.82, 2.24) is 20.3 Å². The van der Waals surface area contributed by atoms with Gasteiger partial charge in [0.25, 0.3) is 0 Å². The van der Waals surface area contributed by atoms with Crippen molar-refractivity contribution in [2.75, 3.05) is 19.8 Å². The zero-order chi connectivity index (χ0) is 15.6. The van der Waals surface area contributed by atoms with Gasteiger partial charge in [-0.25, -0.2) is 0 Å². The van der Waals surface area contributed by atoms with Gasteiger partial charge in [0, 0.05) is 32.4 Å². The van der Waals surface area contributed by atoms with Crippen LogP contribution in [0.4, 0.5) is 0 Å². The van der Waals surface area contributed by atoms with Gasteiger partial charge in [0.2, 0.25) is 0 Å². The van der Waals surface area contributed by atoms with E-state index in [1.807, 2.05) is 25.2 Å². The van der Waals surface area contributed by atoms with Crippen LogP contribution in [0.25, 0.3) is 11.3 Å². The van der Waals surface area contributed by atoms with Crippen LogP contribution >= 0.6 is 0 Å². The van der Waals surface area contributed by atoms with Gasteiger partial charge >= 0.3 is 0 Å². The molecule has 0 atom stereocenters. The molecular formula is C17H26N4O. The highest BCUT2D eigenvalue weighted by Crippen LogP contribution is 2.19. The summed E-state index contributed by atoms with van der Waals surface area (Å²) in [6.07, 6.45) is 3.35. The molecule has 0 aliphatic rings. The molecule has 120 valence electrons. The smallest absolute Gasteiger partial charge is 0.117 e. The van der Waals surface area contributed by atoms with Crippen molar-refractivity contribution >= 4 is 0 Å². The third-order valence-electron chi connectivity index (χ3n) is 3.41. The maximum Gasteiger partial charge on any atom is 0.117 e. The number of unbranched alkanes of at least 4 members (excludes halogenated alkanes) is 1. The molecule has 0 spiro atoms. The topological polar surface area (TPSA) is 52.0 Å². The first-order chi connectivity index (χ1) is 10.8. The Morgan fingerprint density at radius 2 is 1.86 bits per heavy atom. The van der Waals surface area contributed by atoms with E-state index in [1.54, 1.807) is 4.80 Å². The molecule has 22 heavy (non-hydrogen) atoms. The van der Waals surface area contributed by atoms with E-state index in [4.69, 9.17) is 4.74 Å². The Labute approximate surface area is 132 Å². The summed E-state index contributed by atoms with van der Waals surface area (Å²) in [5, 5.41) is 12.3. The fourth-order valence-corrected chi connectivity index (χ4v) is 2.24. The minimum Gasteiger partial charge on any atom is -0.381 e. The molecule has 0 unspecified atom stereocenters. The van der Waals surface area contributed by atoms with Gasteiger partial charge in [-0.2, -0.15) is 15.0 Å². The average molecular weight is 302 g/mol. The van der Waals surface area contributed by atoms with Crippen LogP contribution in [0.1, 0.15) is 31.9 Å². The van der Waals surface area contributed by atoms with Crippen LogP contribution in [0.5, 0.6) is 0 Å². The summed E-state index contributed by atoms with van der Waals surface area (Å²) in [6.45, 7) is 5.53. The highest BCUT2D eigenvalue weighted by atomic mass is 16.5. The lowest BCUT2D eigenvalue weighted by Crippen LogP contribution is -2.17. The Morgan fingerprint density at radius 1 is 1.09 bits per heavy atom. The van der Waals surface area contributed by atoms with Crippen LogP contribution in [0.2, 0.25) is 0 Å². The number of rotatable bonds is 10. The molecule has 0 aliphatic carbocycles. The van der Waals surface area contributed by atoms with Crippen molar-refractivity contribution in [2.45, 2.75) is 32.7 Å². The summed E-state index contributed by atoms with van der Waals surface area (Å²) in [6, 6.07) is 10.2. The van der Waals surface area contributed by atoms with E-state index in [2.05, 4.69) is 34.6 Å². The van der Waals surface area contributed by atoms with E-state index < -0.39 is 0 Å². The standard InChI is InChI=1S/C17H26N4O/c1-3-4-12-22-13-8-11-18-14-16-17(20-21(2)19-16)15-9-6-5-7-10-15/h5-7,9-10,18H,3-4,8,11-14H2,1-2H3. The van der Waals surface area contributed by atoms with Crippen LogP contribution in [-0.4, -0.2) is 34.8 Å². The molecule has 0 saturated heterocycles. The van der Waals surface area contributed by atoms with Crippen LogP contribution in [0, 0.1) is 0 Å². The predicted molar refractivity (Wildman–Crippen MR) is 88.5 cm³/mol. The van der Waals surface area contributed by atoms with Crippen LogP contribution < -0.4 is 5.32 Å². The van der Waals surface area contributed by atoms with E-state index >= 15 is 0 Å². The quantitative estimate of drug-likeness (QED) is 0.686. The number of aryl methyl sites for hydroxylation is 1. The van der Waals surface area contributed by atoms with Crippen molar-refractivity contribution in [3.8, 4) is 11.3 Å². The van der Waals surface area contributed by atoms with Gasteiger partial charge in [-0.1, -0.05) is 43.7 Å². The summed E-state index contributed by atoms with van der Waals surface area (Å²) in [5.41, 5.74) is 3.05. The Bertz CT molecular complexity index is 539. The zero-order valence-electron chi connectivity index (χ0n) is 13.6. The van der Waals surface area contributed by atoms with Crippen molar-refractivity contribution in [3.63, 3.8) is 0 Å². The number of nitrogens with one attached hydrogen (secondary N) is 1. The summed E-state index contributed by atoms with van der Waals surface area (Å²) in [4.78, 5) is 1.63. The number of benzene rings is 1. The highest BCUT2D eigenvalue weighted by Gasteiger charge is 2.10. The van der Waals surface area contributed by atoms with Gasteiger partial charge in [-0.3, -0.25) is 0 Å². The Hall–Kier alpha value is -1.72. The van der Waals surface area contributed by atoms with Crippen LogP contribution in [0.3, 0.4) is 0 Å². The summed E-state index contributed by atoms with van der Waals surface area (Å²) in [7, 11) is 1.86. The second-order valence-corrected chi connectivity index (χ2v) is 5.35. The SMILES string of the molecule is CCCCOCCCNCc1nn(C)nc1-c1ccccc1. The van der Waals surface area contributed by atoms with E-state index in [0.717, 1.165) is 56.1 Å². The fourth-order valence-electron chi connectivity index (χ4n) is 2.24. The van der Waals surface area contributed by atoms with Crippen molar-refractivity contribution in [2.24, 2.45) is 7.05 Å². The van der Waals surface area contributed by atoms with Crippen molar-refractivity contribution in [1.29, 1.82) is 0 Å². The maximum absolute atomic E-state index is 5.55. The molecule has 0 fully saturated rings. The number of hydrogen-bond acceptors (Lipinski definition) is 4. The van der Waals surface area contributed by atoms with Crippen molar-refractivity contribution < 1.29 is 4.74 Å². The number of nitrogens with zero attached hydrogens (tertiary/aromatic N) is 3. The monoisotopic (exact) mass is 302 g/mol. The lowest BCUT2D eigenvalue weighted by molar-refractivity contribution is 0.128. The van der Waals surface area contributed by atoms with E-state index in [0.29, 0.717) is 0 Å². The first-order valence-corrected chi connectivity index (χ1v) is 8.05. The summed E-state index contributed by atoms with van der Waals surface area (Å²) in [5.74, 6) is 0. The van der Waals surface area contributed by atoms with Crippen LogP contribution in [0.15, 0.2) is 30.3 Å². The fraction of sp³-hybridized carbons (Fsp3) is 0.529. The molecule has 1 heterocycles. The van der Waals surface area contributed by atoms with Gasteiger partial charge in [0.1, 0.15) is 11.4 Å². The first-order valence-electron chi connectivity index (χ1n) is 8.05. The molecule has 0 radical (unpaired) electrons. The molecule has 1 aromatic carbocycles. The number of aromatic nitrogens is 3. The predicted octanol–water partition coefficient (Wildman–Crippen LogP) is 2.78. The molecule has 0 amide bonds. The van der Waals surface area contributed by atoms with Crippen LogP contribution in [-0.2, 0) is 18.3 Å². The number of hydrogen-bond donors (Lipinski definition) is 1. The van der Waals surface area contributed by atoms with E-state index in [1.165, 1.54) is 6.42 Å². The Balaban J connectivity index is 1.76. The van der Waals surface area contributed by atoms with Gasteiger partial charge in [-0.05, 0) is 19.4 Å². The van der Waals surface area contributed by atoms with Crippen molar-refractivity contribution in [3.05, 3.63) is 36.0 Å². The lowest BCUT2D eigenvalue weighted by Gasteiger charge is -2.05. The highest BCUT2D eigenvalue weighted by molar-refractivity contribution is 5.60. The minimum atomic E-state index is 0.729. The molecule has 0 bridgehead atoms. The Morgan fingerprint density at radius 3 is 2.64 bits per heavy atom. The molecule has 1 aromatic heterocycles. The lowest BCUT2D eigenvalue weighted by atomic mass is 10.1. The molecule has 0 aliphatic heterocycles. The molecule has 1 N–H and O–H groups in total. The summed E-state index contributed by atoms with van der Waals surface area (Å²) < 4.78 is 5.55. The average Bonchev–Trinajstić information content (AvgIpc) is 2.92. The normalized spacial score (nSPS) is 11.0. The minimum absolute atomic E-state index is 0.729. The third-order valence-corrected chi connectivity index (χ3v) is 3.41. The largest absolute Gasteiger partial charge is 0.381 e. The van der Waals surface area contributed by atoms with Gasteiger partial charge in [0.05, 0.1) is 0 Å². The number of ether oxygens (including phenoxy) is 1. The first kappa shape index (κ1) is 16.6. The molecule has 2 rings (SSSR count). The molecule has 5 nitrogen and oxygen atoms in total. The molecule has 5 heteroatoms. The van der Waals surface area contributed by atoms with E-state index in [-0.39, 0.29) is 0 Å². The van der Waals surface area contributed by atoms with Gasteiger partial charge in [0.15, 0.2) is 0 Å². The summed E-state index contributed by atoms with van der Waals surface area (Å²) >= 11 is 0. The van der Waals surface area contributed by atoms with Gasteiger partial charge in [-0.15, -0.1) is 0 Å². The zero-order valence-corrected chi connectivity index (χ0v) is 13.6. The second kappa shape index (κ2) is 9.33. The van der Waals surface area contributed by atoms with E-state index in [9.17, 15) is 0 Å². The molecule has 0 saturated carbocycles. The molecule has 2 aromatic rings. The third kappa shape index (κ3) is 5.24.